The summed E-state index contributed by atoms with van der Waals surface area (Å²) >= 11 is 0. The van der Waals surface area contributed by atoms with E-state index in [1.165, 1.54) is 6.42 Å². The van der Waals surface area contributed by atoms with Gasteiger partial charge in [0.2, 0.25) is 5.91 Å². The summed E-state index contributed by atoms with van der Waals surface area (Å²) in [6, 6.07) is 0. The molecule has 2 aliphatic rings. The van der Waals surface area contributed by atoms with E-state index in [-0.39, 0.29) is 11.5 Å². The van der Waals surface area contributed by atoms with Crippen molar-refractivity contribution in [1.82, 2.24) is 4.90 Å². The first-order valence-electron chi connectivity index (χ1n) is 5.01. The van der Waals surface area contributed by atoms with Gasteiger partial charge in [-0.3, -0.25) is 4.79 Å². The summed E-state index contributed by atoms with van der Waals surface area (Å²) in [6.07, 6.45) is 2.29. The van der Waals surface area contributed by atoms with Crippen molar-refractivity contribution in [3.8, 4) is 0 Å². The lowest BCUT2D eigenvalue weighted by Crippen LogP contribution is -2.66. The van der Waals surface area contributed by atoms with Gasteiger partial charge < -0.3 is 9.64 Å². The van der Waals surface area contributed by atoms with Gasteiger partial charge in [-0.05, 0) is 18.8 Å². The topological polar surface area (TPSA) is 29.5 Å². The summed E-state index contributed by atoms with van der Waals surface area (Å²) in [7, 11) is 0. The maximum Gasteiger partial charge on any atom is 0.219 e. The first-order valence-corrected chi connectivity index (χ1v) is 5.01. The molecular weight excluding hydrogens is 166 g/mol. The minimum Gasteiger partial charge on any atom is -0.371 e. The minimum atomic E-state index is 0.0311. The van der Waals surface area contributed by atoms with Crippen LogP contribution in [0.15, 0.2) is 0 Å². The second-order valence-electron chi connectivity index (χ2n) is 4.50. The second-order valence-corrected chi connectivity index (χ2v) is 4.50. The van der Waals surface area contributed by atoms with Crippen molar-refractivity contribution in [1.29, 1.82) is 0 Å². The molecule has 74 valence electrons. The second kappa shape index (κ2) is 2.98. The molecule has 3 heteroatoms. The number of carbonyl (C=O) groups is 1. The molecule has 3 nitrogen and oxygen atoms in total. The van der Waals surface area contributed by atoms with Gasteiger partial charge in [-0.1, -0.05) is 6.92 Å². The van der Waals surface area contributed by atoms with Crippen LogP contribution in [-0.2, 0) is 9.53 Å². The third kappa shape index (κ3) is 1.57. The van der Waals surface area contributed by atoms with Crippen molar-refractivity contribution in [2.75, 3.05) is 19.7 Å². The van der Waals surface area contributed by atoms with E-state index in [4.69, 9.17) is 4.74 Å². The van der Waals surface area contributed by atoms with Gasteiger partial charge in [0, 0.05) is 13.5 Å². The van der Waals surface area contributed by atoms with Gasteiger partial charge in [0.05, 0.1) is 13.1 Å². The highest BCUT2D eigenvalue weighted by molar-refractivity contribution is 5.74. The summed E-state index contributed by atoms with van der Waals surface area (Å²) in [5.41, 5.74) is 0.0311. The van der Waals surface area contributed by atoms with Crippen molar-refractivity contribution in [2.24, 2.45) is 5.92 Å². The van der Waals surface area contributed by atoms with Gasteiger partial charge in [-0.15, -0.1) is 0 Å². The lowest BCUT2D eigenvalue weighted by atomic mass is 9.81. The van der Waals surface area contributed by atoms with E-state index in [1.807, 2.05) is 4.90 Å². The summed E-state index contributed by atoms with van der Waals surface area (Å²) in [4.78, 5) is 12.9. The summed E-state index contributed by atoms with van der Waals surface area (Å²) in [6.45, 7) is 6.38. The van der Waals surface area contributed by atoms with Gasteiger partial charge in [0.25, 0.3) is 0 Å². The van der Waals surface area contributed by atoms with Crippen molar-refractivity contribution < 1.29 is 9.53 Å². The number of nitrogens with zero attached hydrogens (tertiary/aromatic N) is 1. The van der Waals surface area contributed by atoms with Crippen molar-refractivity contribution >= 4 is 5.91 Å². The minimum absolute atomic E-state index is 0.0311. The van der Waals surface area contributed by atoms with Gasteiger partial charge in [0.15, 0.2) is 0 Å². The molecule has 0 aromatic rings. The van der Waals surface area contributed by atoms with Gasteiger partial charge in [-0.2, -0.15) is 0 Å². The van der Waals surface area contributed by atoms with E-state index in [9.17, 15) is 4.79 Å². The third-order valence-electron chi connectivity index (χ3n) is 3.14. The lowest BCUT2D eigenvalue weighted by molar-refractivity contribution is -0.185. The predicted octanol–water partition coefficient (Wildman–Crippen LogP) is 1.03. The van der Waals surface area contributed by atoms with E-state index >= 15 is 0 Å². The average molecular weight is 183 g/mol. The maximum atomic E-state index is 11.0. The van der Waals surface area contributed by atoms with Crippen LogP contribution in [0.2, 0.25) is 0 Å². The van der Waals surface area contributed by atoms with Crippen molar-refractivity contribution in [3.63, 3.8) is 0 Å². The molecule has 0 radical (unpaired) electrons. The molecule has 13 heavy (non-hydrogen) atoms. The third-order valence-corrected chi connectivity index (χ3v) is 3.14. The van der Waals surface area contributed by atoms with E-state index in [2.05, 4.69) is 6.92 Å². The molecule has 0 N–H and O–H groups in total. The highest BCUT2D eigenvalue weighted by atomic mass is 16.5. The fourth-order valence-electron chi connectivity index (χ4n) is 2.37. The molecular formula is C10H17NO2. The molecule has 0 saturated carbocycles. The zero-order valence-electron chi connectivity index (χ0n) is 8.38. The zero-order chi connectivity index (χ0) is 9.47. The van der Waals surface area contributed by atoms with Crippen LogP contribution in [0.3, 0.4) is 0 Å². The molecule has 1 unspecified atom stereocenters. The molecule has 2 fully saturated rings. The van der Waals surface area contributed by atoms with Crippen LogP contribution in [0, 0.1) is 5.92 Å². The molecule has 2 heterocycles. The van der Waals surface area contributed by atoms with E-state index in [0.717, 1.165) is 32.0 Å². The Bertz CT molecular complexity index is 221. The number of hydrogen-bond acceptors (Lipinski definition) is 2. The Morgan fingerprint density at radius 2 is 2.23 bits per heavy atom. The number of hydrogen-bond donors (Lipinski definition) is 0. The maximum absolute atomic E-state index is 11.0. The highest BCUT2D eigenvalue weighted by Gasteiger charge is 2.47. The molecule has 0 aliphatic carbocycles. The predicted molar refractivity (Wildman–Crippen MR) is 49.3 cm³/mol. The molecule has 1 amide bonds. The standard InChI is InChI=1S/C10H17NO2/c1-8-3-4-13-10(5-8)6-11(7-10)9(2)12/h8H,3-7H2,1-2H3. The number of likely N-dealkylation sites (tertiary alicyclic amines) is 1. The fourth-order valence-corrected chi connectivity index (χ4v) is 2.37. The first kappa shape index (κ1) is 9.00. The quantitative estimate of drug-likeness (QED) is 0.561. The van der Waals surface area contributed by atoms with E-state index < -0.39 is 0 Å². The molecule has 2 aliphatic heterocycles. The molecule has 1 spiro atoms. The SMILES string of the molecule is CC(=O)N1CC2(CC(C)CCO2)C1. The van der Waals surface area contributed by atoms with Crippen LogP contribution in [-0.4, -0.2) is 36.1 Å². The lowest BCUT2D eigenvalue weighted by Gasteiger charge is -2.52. The summed E-state index contributed by atoms with van der Waals surface area (Å²) in [5.74, 6) is 0.926. The van der Waals surface area contributed by atoms with Crippen LogP contribution in [0.4, 0.5) is 0 Å². The molecule has 1 atom stereocenters. The van der Waals surface area contributed by atoms with Crippen LogP contribution < -0.4 is 0 Å². The van der Waals surface area contributed by atoms with Gasteiger partial charge in [0.1, 0.15) is 5.60 Å². The number of ether oxygens (including phenoxy) is 1. The molecule has 0 aromatic carbocycles. The Hall–Kier alpha value is -0.570. The highest BCUT2D eigenvalue weighted by Crippen LogP contribution is 2.36. The van der Waals surface area contributed by atoms with E-state index in [0.29, 0.717) is 0 Å². The van der Waals surface area contributed by atoms with Crippen LogP contribution in [0.1, 0.15) is 26.7 Å². The normalized spacial score (nSPS) is 31.5. The largest absolute Gasteiger partial charge is 0.371 e. The Balaban J connectivity index is 1.91. The summed E-state index contributed by atoms with van der Waals surface area (Å²) in [5, 5.41) is 0. The Morgan fingerprint density at radius 1 is 1.54 bits per heavy atom. The number of carbonyl (C=O) groups excluding carboxylic acids is 1. The fraction of sp³-hybridized carbons (Fsp3) is 0.900. The van der Waals surface area contributed by atoms with Gasteiger partial charge >= 0.3 is 0 Å². The van der Waals surface area contributed by atoms with Crippen LogP contribution in [0.5, 0.6) is 0 Å². The number of amides is 1. The smallest absolute Gasteiger partial charge is 0.219 e. The monoisotopic (exact) mass is 183 g/mol. The van der Waals surface area contributed by atoms with Crippen molar-refractivity contribution in [3.05, 3.63) is 0 Å². The van der Waals surface area contributed by atoms with Crippen molar-refractivity contribution in [2.45, 2.75) is 32.3 Å². The van der Waals surface area contributed by atoms with E-state index in [1.54, 1.807) is 6.92 Å². The van der Waals surface area contributed by atoms with Crippen LogP contribution in [0.25, 0.3) is 0 Å². The first-order chi connectivity index (χ1) is 6.11. The molecule has 2 saturated heterocycles. The Morgan fingerprint density at radius 3 is 2.77 bits per heavy atom. The molecule has 2 rings (SSSR count). The van der Waals surface area contributed by atoms with Crippen LogP contribution >= 0.6 is 0 Å². The van der Waals surface area contributed by atoms with Gasteiger partial charge in [-0.25, -0.2) is 0 Å². The number of rotatable bonds is 0. The molecule has 0 aromatic heterocycles. The average Bonchev–Trinajstić information content (AvgIpc) is 1.99. The Kier molecular flexibility index (Phi) is 2.06. The zero-order valence-corrected chi connectivity index (χ0v) is 8.38. The summed E-state index contributed by atoms with van der Waals surface area (Å²) < 4.78 is 5.76. The molecule has 0 bridgehead atoms. The Labute approximate surface area is 79.0 Å².